The molecule has 8 heteroatoms. The van der Waals surface area contributed by atoms with E-state index in [0.29, 0.717) is 27.2 Å². The summed E-state index contributed by atoms with van der Waals surface area (Å²) in [6, 6.07) is 15.9. The molecule has 0 bridgehead atoms. The molecule has 4 rings (SSSR count). The zero-order valence-electron chi connectivity index (χ0n) is 14.9. The predicted octanol–water partition coefficient (Wildman–Crippen LogP) is 5.29. The van der Waals surface area contributed by atoms with Gasteiger partial charge in [-0.25, -0.2) is 9.97 Å². The second-order valence-corrected chi connectivity index (χ2v) is 7.34. The first-order valence-corrected chi connectivity index (χ1v) is 9.93. The molecular weight excluding hydrogens is 408 g/mol. The van der Waals surface area contributed by atoms with Crippen molar-refractivity contribution in [3.8, 4) is 6.07 Å². The maximum Gasteiger partial charge on any atom is 0.291 e. The predicted molar refractivity (Wildman–Crippen MR) is 112 cm³/mol. The van der Waals surface area contributed by atoms with Gasteiger partial charge in [-0.1, -0.05) is 41.6 Å². The Hall–Kier alpha value is -3.34. The van der Waals surface area contributed by atoms with E-state index in [0.717, 1.165) is 10.9 Å². The highest BCUT2D eigenvalue weighted by Gasteiger charge is 2.21. The molecule has 29 heavy (non-hydrogen) atoms. The van der Waals surface area contributed by atoms with Crippen LogP contribution in [0.4, 0.5) is 5.69 Å². The highest BCUT2D eigenvalue weighted by Crippen LogP contribution is 2.31. The fraction of sp³-hybridized carbons (Fsp3) is 0.0476. The summed E-state index contributed by atoms with van der Waals surface area (Å²) in [7, 11) is 0. The summed E-state index contributed by atoms with van der Waals surface area (Å²) in [5, 5.41) is 13.7. The second-order valence-electron chi connectivity index (χ2n) is 5.99. The molecule has 0 spiro atoms. The van der Waals surface area contributed by atoms with Crippen LogP contribution in [0.15, 0.2) is 70.5 Å². The molecule has 2 aromatic heterocycles. The number of nitrogens with one attached hydrogen (secondary N) is 1. The van der Waals surface area contributed by atoms with Crippen LogP contribution in [0.25, 0.3) is 11.0 Å². The van der Waals surface area contributed by atoms with Gasteiger partial charge in [-0.15, -0.1) is 0 Å². The van der Waals surface area contributed by atoms with Crippen molar-refractivity contribution in [2.24, 2.45) is 0 Å². The molecular formula is C21H13ClN4O2S. The number of rotatable bonds is 5. The fourth-order valence-corrected chi connectivity index (χ4v) is 3.79. The number of hydrogen-bond donors (Lipinski definition) is 1. The number of para-hydroxylation sites is 1. The number of aromatic nitrogens is 2. The summed E-state index contributed by atoms with van der Waals surface area (Å²) in [4.78, 5) is 21.3. The number of furan rings is 1. The first-order valence-electron chi connectivity index (χ1n) is 8.57. The molecule has 0 fully saturated rings. The molecule has 6 nitrogen and oxygen atoms in total. The Balaban J connectivity index is 1.65. The molecule has 1 N–H and O–H groups in total. The zero-order valence-corrected chi connectivity index (χ0v) is 16.5. The highest BCUT2D eigenvalue weighted by molar-refractivity contribution is 7.98. The molecule has 0 saturated carbocycles. The average Bonchev–Trinajstić information content (AvgIpc) is 3.13. The van der Waals surface area contributed by atoms with Gasteiger partial charge in [-0.3, -0.25) is 4.79 Å². The van der Waals surface area contributed by atoms with Crippen molar-refractivity contribution >= 4 is 45.9 Å². The van der Waals surface area contributed by atoms with Crippen LogP contribution in [0.3, 0.4) is 0 Å². The number of amides is 1. The molecule has 0 atom stereocenters. The van der Waals surface area contributed by atoms with Crippen molar-refractivity contribution in [3.63, 3.8) is 0 Å². The second kappa shape index (κ2) is 8.35. The smallest absolute Gasteiger partial charge is 0.291 e. The van der Waals surface area contributed by atoms with E-state index < -0.39 is 5.91 Å². The number of nitrogens with zero attached hydrogens (tertiary/aromatic N) is 3. The summed E-state index contributed by atoms with van der Waals surface area (Å²) < 4.78 is 5.84. The topological polar surface area (TPSA) is 91.8 Å². The van der Waals surface area contributed by atoms with E-state index in [1.165, 1.54) is 17.8 Å². The standard InChI is InChI=1S/C21H13ClN4O2S/c22-17-7-6-14(10-13(17)11-23)26-20(27)19-16(12-29-21-24-8-3-9-25-21)15-4-1-2-5-18(15)28-19/h1-10H,12H2,(H,26,27). The summed E-state index contributed by atoms with van der Waals surface area (Å²) >= 11 is 7.38. The summed E-state index contributed by atoms with van der Waals surface area (Å²) in [6.45, 7) is 0. The maximum atomic E-state index is 12.9. The molecule has 4 aromatic rings. The minimum atomic E-state index is -0.406. The lowest BCUT2D eigenvalue weighted by atomic mass is 10.1. The van der Waals surface area contributed by atoms with Gasteiger partial charge in [-0.2, -0.15) is 5.26 Å². The van der Waals surface area contributed by atoms with Gasteiger partial charge in [0, 0.05) is 34.8 Å². The lowest BCUT2D eigenvalue weighted by molar-refractivity contribution is 0.0998. The zero-order chi connectivity index (χ0) is 20.2. The molecule has 0 saturated heterocycles. The summed E-state index contributed by atoms with van der Waals surface area (Å²) in [5.41, 5.74) is 2.12. The number of hydrogen-bond acceptors (Lipinski definition) is 6. The van der Waals surface area contributed by atoms with Crippen molar-refractivity contribution in [1.82, 2.24) is 9.97 Å². The number of carbonyl (C=O) groups excluding carboxylic acids is 1. The Morgan fingerprint density at radius 1 is 1.17 bits per heavy atom. The minimum Gasteiger partial charge on any atom is -0.451 e. The Morgan fingerprint density at radius 3 is 2.76 bits per heavy atom. The van der Waals surface area contributed by atoms with Crippen molar-refractivity contribution in [2.75, 3.05) is 5.32 Å². The Bertz CT molecular complexity index is 1230. The van der Waals surface area contributed by atoms with Crippen LogP contribution in [-0.4, -0.2) is 15.9 Å². The van der Waals surface area contributed by atoms with Gasteiger partial charge in [0.25, 0.3) is 5.91 Å². The number of anilines is 1. The van der Waals surface area contributed by atoms with Crippen molar-refractivity contribution in [3.05, 3.63) is 82.8 Å². The number of fused-ring (bicyclic) bond motifs is 1. The van der Waals surface area contributed by atoms with Crippen LogP contribution in [-0.2, 0) is 5.75 Å². The molecule has 0 unspecified atom stereocenters. The van der Waals surface area contributed by atoms with Crippen molar-refractivity contribution in [2.45, 2.75) is 10.9 Å². The van der Waals surface area contributed by atoms with Crippen LogP contribution in [0.2, 0.25) is 5.02 Å². The summed E-state index contributed by atoms with van der Waals surface area (Å²) in [6.07, 6.45) is 3.34. The number of benzene rings is 2. The highest BCUT2D eigenvalue weighted by atomic mass is 35.5. The van der Waals surface area contributed by atoms with E-state index in [4.69, 9.17) is 21.3 Å². The SMILES string of the molecule is N#Cc1cc(NC(=O)c2oc3ccccc3c2CSc2ncccn2)ccc1Cl. The van der Waals surface area contributed by atoms with E-state index in [-0.39, 0.29) is 11.3 Å². The van der Waals surface area contributed by atoms with E-state index in [2.05, 4.69) is 15.3 Å². The van der Waals surface area contributed by atoms with Crippen LogP contribution in [0.1, 0.15) is 21.7 Å². The normalized spacial score (nSPS) is 10.6. The Kier molecular flexibility index (Phi) is 5.47. The van der Waals surface area contributed by atoms with Crippen molar-refractivity contribution < 1.29 is 9.21 Å². The van der Waals surface area contributed by atoms with Crippen LogP contribution in [0, 0.1) is 11.3 Å². The first-order chi connectivity index (χ1) is 14.2. The lowest BCUT2D eigenvalue weighted by Gasteiger charge is -2.06. The van der Waals surface area contributed by atoms with Gasteiger partial charge in [-0.05, 0) is 30.3 Å². The molecule has 0 aliphatic carbocycles. The van der Waals surface area contributed by atoms with Crippen molar-refractivity contribution in [1.29, 1.82) is 5.26 Å². The maximum absolute atomic E-state index is 12.9. The van der Waals surface area contributed by atoms with Gasteiger partial charge >= 0.3 is 0 Å². The van der Waals surface area contributed by atoms with E-state index in [1.807, 2.05) is 30.3 Å². The summed E-state index contributed by atoms with van der Waals surface area (Å²) in [5.74, 6) is 0.272. The lowest BCUT2D eigenvalue weighted by Crippen LogP contribution is -2.13. The van der Waals surface area contributed by atoms with Gasteiger partial charge in [0.2, 0.25) is 0 Å². The molecule has 142 valence electrons. The fourth-order valence-electron chi connectivity index (χ4n) is 2.80. The first kappa shape index (κ1) is 19.0. The number of halogens is 1. The van der Waals surface area contributed by atoms with Gasteiger partial charge < -0.3 is 9.73 Å². The molecule has 0 aliphatic rings. The van der Waals surface area contributed by atoms with Crippen LogP contribution in [0.5, 0.6) is 0 Å². The number of nitriles is 1. The third-order valence-electron chi connectivity index (χ3n) is 4.14. The van der Waals surface area contributed by atoms with Crippen LogP contribution < -0.4 is 5.32 Å². The minimum absolute atomic E-state index is 0.211. The quantitative estimate of drug-likeness (QED) is 0.348. The number of thioether (sulfide) groups is 1. The van der Waals surface area contributed by atoms with E-state index in [1.54, 1.807) is 30.6 Å². The van der Waals surface area contributed by atoms with E-state index >= 15 is 0 Å². The van der Waals surface area contributed by atoms with E-state index in [9.17, 15) is 4.79 Å². The molecule has 1 amide bonds. The average molecular weight is 421 g/mol. The Labute approximate surface area is 175 Å². The largest absolute Gasteiger partial charge is 0.451 e. The molecule has 0 radical (unpaired) electrons. The monoisotopic (exact) mass is 420 g/mol. The molecule has 2 heterocycles. The number of carbonyl (C=O) groups is 1. The third-order valence-corrected chi connectivity index (χ3v) is 5.37. The molecule has 2 aromatic carbocycles. The van der Waals surface area contributed by atoms with Gasteiger partial charge in [0.1, 0.15) is 11.7 Å². The van der Waals surface area contributed by atoms with Gasteiger partial charge in [0.15, 0.2) is 10.9 Å². The van der Waals surface area contributed by atoms with Gasteiger partial charge in [0.05, 0.1) is 10.6 Å². The van der Waals surface area contributed by atoms with Crippen LogP contribution >= 0.6 is 23.4 Å². The Morgan fingerprint density at radius 2 is 1.97 bits per heavy atom. The third kappa shape index (κ3) is 4.09. The molecule has 0 aliphatic heterocycles.